The van der Waals surface area contributed by atoms with Gasteiger partial charge in [-0.1, -0.05) is 27.7 Å². The van der Waals surface area contributed by atoms with Crippen LogP contribution in [-0.2, 0) is 0 Å². The molecule has 0 saturated heterocycles. The maximum Gasteiger partial charge on any atom is 0.339 e. The van der Waals surface area contributed by atoms with Gasteiger partial charge in [0.05, 0.1) is 0 Å². The molecule has 0 fully saturated rings. The van der Waals surface area contributed by atoms with Gasteiger partial charge >= 0.3 is 5.63 Å². The third-order valence-corrected chi connectivity index (χ3v) is 2.84. The summed E-state index contributed by atoms with van der Waals surface area (Å²) in [6.07, 6.45) is 0. The minimum atomic E-state index is -0.194. The van der Waals surface area contributed by atoms with Crippen LogP contribution in [0.25, 0.3) is 0 Å². The van der Waals surface area contributed by atoms with Crippen LogP contribution in [-0.4, -0.2) is 0 Å². The molecule has 0 aromatic carbocycles. The predicted molar refractivity (Wildman–Crippen MR) is 62.6 cm³/mol. The summed E-state index contributed by atoms with van der Waals surface area (Å²) in [6, 6.07) is 0. The number of hydrogen-bond donors (Lipinski definition) is 0. The van der Waals surface area contributed by atoms with E-state index in [1.165, 1.54) is 5.56 Å². The molecule has 0 N–H and O–H groups in total. The fourth-order valence-electron chi connectivity index (χ4n) is 1.92. The molecule has 0 aliphatic heterocycles. The fraction of sp³-hybridized carbons (Fsp3) is 0.615. The van der Waals surface area contributed by atoms with Crippen molar-refractivity contribution in [2.24, 2.45) is 0 Å². The first-order valence-corrected chi connectivity index (χ1v) is 5.50. The molecule has 1 heterocycles. The summed E-state index contributed by atoms with van der Waals surface area (Å²) < 4.78 is 5.39. The zero-order chi connectivity index (χ0) is 11.7. The molecule has 0 spiro atoms. The quantitative estimate of drug-likeness (QED) is 0.744. The van der Waals surface area contributed by atoms with Crippen LogP contribution < -0.4 is 5.63 Å². The van der Waals surface area contributed by atoms with Crippen molar-refractivity contribution in [2.45, 2.75) is 53.4 Å². The summed E-state index contributed by atoms with van der Waals surface area (Å²) >= 11 is 0. The Kier molecular flexibility index (Phi) is 3.38. The van der Waals surface area contributed by atoms with Crippen molar-refractivity contribution in [3.8, 4) is 0 Å². The maximum atomic E-state index is 11.6. The molecule has 15 heavy (non-hydrogen) atoms. The van der Waals surface area contributed by atoms with Crippen molar-refractivity contribution < 1.29 is 4.42 Å². The van der Waals surface area contributed by atoms with Crippen LogP contribution in [0.15, 0.2) is 9.21 Å². The van der Waals surface area contributed by atoms with E-state index in [-0.39, 0.29) is 11.5 Å². The lowest BCUT2D eigenvalue weighted by Gasteiger charge is -2.17. The number of rotatable bonds is 2. The molecule has 84 valence electrons. The van der Waals surface area contributed by atoms with E-state index in [4.69, 9.17) is 4.42 Å². The van der Waals surface area contributed by atoms with Gasteiger partial charge in [0.2, 0.25) is 0 Å². The second-order valence-electron chi connectivity index (χ2n) is 4.73. The van der Waals surface area contributed by atoms with E-state index in [1.807, 2.05) is 13.8 Å². The van der Waals surface area contributed by atoms with E-state index in [0.29, 0.717) is 5.92 Å². The molecule has 0 atom stereocenters. The molecule has 0 bridgehead atoms. The molecule has 0 saturated carbocycles. The van der Waals surface area contributed by atoms with Gasteiger partial charge in [-0.05, 0) is 30.9 Å². The Labute approximate surface area is 91.3 Å². The van der Waals surface area contributed by atoms with E-state index in [1.54, 1.807) is 0 Å². The highest BCUT2D eigenvalue weighted by molar-refractivity contribution is 5.36. The summed E-state index contributed by atoms with van der Waals surface area (Å²) in [5.74, 6) is 1.50. The van der Waals surface area contributed by atoms with Crippen LogP contribution in [0.5, 0.6) is 0 Å². The standard InChI is InChI=1S/C13H20O2/c1-7(2)11-9(5)10(6)13(14)15-12(11)8(3)4/h7-8H,1-6H3. The van der Waals surface area contributed by atoms with Crippen molar-refractivity contribution in [3.05, 3.63) is 32.9 Å². The van der Waals surface area contributed by atoms with Gasteiger partial charge in [-0.3, -0.25) is 0 Å². The van der Waals surface area contributed by atoms with Crippen LogP contribution in [0.2, 0.25) is 0 Å². The summed E-state index contributed by atoms with van der Waals surface area (Å²) in [5, 5.41) is 0. The van der Waals surface area contributed by atoms with Gasteiger partial charge in [0.1, 0.15) is 5.76 Å². The molecule has 2 heteroatoms. The van der Waals surface area contributed by atoms with Crippen LogP contribution in [0.4, 0.5) is 0 Å². The van der Waals surface area contributed by atoms with Gasteiger partial charge in [0, 0.05) is 11.5 Å². The van der Waals surface area contributed by atoms with Crippen molar-refractivity contribution in [3.63, 3.8) is 0 Å². The van der Waals surface area contributed by atoms with Crippen molar-refractivity contribution in [1.82, 2.24) is 0 Å². The summed E-state index contributed by atoms with van der Waals surface area (Å²) in [5.41, 5.74) is 2.83. The molecular formula is C13H20O2. The second kappa shape index (κ2) is 4.21. The van der Waals surface area contributed by atoms with Crippen molar-refractivity contribution >= 4 is 0 Å². The zero-order valence-electron chi connectivity index (χ0n) is 10.5. The van der Waals surface area contributed by atoms with Crippen LogP contribution in [0.1, 0.15) is 62.0 Å². The summed E-state index contributed by atoms with van der Waals surface area (Å²) in [6.45, 7) is 12.2. The third-order valence-electron chi connectivity index (χ3n) is 2.84. The first kappa shape index (κ1) is 12.0. The average molecular weight is 208 g/mol. The lowest BCUT2D eigenvalue weighted by atomic mass is 9.91. The van der Waals surface area contributed by atoms with E-state index in [9.17, 15) is 4.79 Å². The Morgan fingerprint density at radius 2 is 1.47 bits per heavy atom. The molecular weight excluding hydrogens is 188 g/mol. The van der Waals surface area contributed by atoms with Gasteiger partial charge in [0.15, 0.2) is 0 Å². The van der Waals surface area contributed by atoms with Crippen LogP contribution in [0, 0.1) is 13.8 Å². The Bertz CT molecular complexity index is 411. The topological polar surface area (TPSA) is 30.2 Å². The molecule has 0 unspecified atom stereocenters. The lowest BCUT2D eigenvalue weighted by molar-refractivity contribution is 0.423. The van der Waals surface area contributed by atoms with Crippen molar-refractivity contribution in [2.75, 3.05) is 0 Å². The summed E-state index contributed by atoms with van der Waals surface area (Å²) in [4.78, 5) is 11.6. The van der Waals surface area contributed by atoms with Gasteiger partial charge in [-0.15, -0.1) is 0 Å². The minimum Gasteiger partial charge on any atom is -0.427 e. The van der Waals surface area contributed by atoms with Crippen molar-refractivity contribution in [1.29, 1.82) is 0 Å². The predicted octanol–water partition coefficient (Wildman–Crippen LogP) is 3.50. The number of hydrogen-bond acceptors (Lipinski definition) is 2. The van der Waals surface area contributed by atoms with Crippen LogP contribution in [0.3, 0.4) is 0 Å². The highest BCUT2D eigenvalue weighted by atomic mass is 16.4. The average Bonchev–Trinajstić information content (AvgIpc) is 2.12. The molecule has 0 radical (unpaired) electrons. The highest BCUT2D eigenvalue weighted by Crippen LogP contribution is 2.28. The maximum absolute atomic E-state index is 11.6. The molecule has 1 rings (SSSR count). The highest BCUT2D eigenvalue weighted by Gasteiger charge is 2.18. The molecule has 1 aromatic heterocycles. The molecule has 0 amide bonds. The Hall–Kier alpha value is -1.05. The van der Waals surface area contributed by atoms with E-state index >= 15 is 0 Å². The Morgan fingerprint density at radius 1 is 0.933 bits per heavy atom. The smallest absolute Gasteiger partial charge is 0.339 e. The minimum absolute atomic E-state index is 0.194. The Morgan fingerprint density at radius 3 is 1.87 bits per heavy atom. The van der Waals surface area contributed by atoms with Gasteiger partial charge < -0.3 is 4.42 Å². The molecule has 0 aliphatic carbocycles. The summed E-state index contributed by atoms with van der Waals surface area (Å²) in [7, 11) is 0. The van der Waals surface area contributed by atoms with Crippen LogP contribution >= 0.6 is 0 Å². The fourth-order valence-corrected chi connectivity index (χ4v) is 1.92. The molecule has 1 aromatic rings. The Balaban J connectivity index is 3.58. The van der Waals surface area contributed by atoms with Gasteiger partial charge in [-0.2, -0.15) is 0 Å². The van der Waals surface area contributed by atoms with E-state index in [2.05, 4.69) is 27.7 Å². The monoisotopic (exact) mass is 208 g/mol. The molecule has 0 aliphatic rings. The van der Waals surface area contributed by atoms with E-state index in [0.717, 1.165) is 16.9 Å². The van der Waals surface area contributed by atoms with Gasteiger partial charge in [-0.25, -0.2) is 4.79 Å². The first-order valence-electron chi connectivity index (χ1n) is 5.50. The normalized spacial score (nSPS) is 11.5. The third kappa shape index (κ3) is 2.14. The first-order chi connectivity index (χ1) is 6.86. The van der Waals surface area contributed by atoms with E-state index < -0.39 is 0 Å². The molecule has 2 nitrogen and oxygen atoms in total. The zero-order valence-corrected chi connectivity index (χ0v) is 10.5. The van der Waals surface area contributed by atoms with Gasteiger partial charge in [0.25, 0.3) is 0 Å². The largest absolute Gasteiger partial charge is 0.427 e. The SMILES string of the molecule is Cc1c(C(C)C)c(C(C)C)oc(=O)c1C. The second-order valence-corrected chi connectivity index (χ2v) is 4.73. The lowest BCUT2D eigenvalue weighted by Crippen LogP contribution is -2.13.